The van der Waals surface area contributed by atoms with Crippen LogP contribution in [0.4, 0.5) is 0 Å². The van der Waals surface area contributed by atoms with Gasteiger partial charge < -0.3 is 31.1 Å². The van der Waals surface area contributed by atoms with Crippen molar-refractivity contribution in [1.82, 2.24) is 10.6 Å². The summed E-state index contributed by atoms with van der Waals surface area (Å²) in [5.74, 6) is -5.78. The maximum absolute atomic E-state index is 11.7. The summed E-state index contributed by atoms with van der Waals surface area (Å²) in [5.41, 5.74) is 0. The molecule has 0 aliphatic carbocycles. The van der Waals surface area contributed by atoms with Crippen molar-refractivity contribution >= 4 is 29.7 Å². The summed E-state index contributed by atoms with van der Waals surface area (Å²) in [6.07, 6.45) is -2.94. The molecule has 136 valence electrons. The first kappa shape index (κ1) is 21.3. The van der Waals surface area contributed by atoms with E-state index in [2.05, 4.69) is 5.32 Å². The molecule has 3 atom stereocenters. The van der Waals surface area contributed by atoms with Gasteiger partial charge in [0, 0.05) is 12.8 Å². The molecule has 0 heterocycles. The largest absolute Gasteiger partial charge is 0.481 e. The van der Waals surface area contributed by atoms with E-state index in [0.717, 1.165) is 6.92 Å². The second kappa shape index (κ2) is 10.2. The highest BCUT2D eigenvalue weighted by Crippen LogP contribution is 2.03. The predicted molar refractivity (Wildman–Crippen MR) is 76.9 cm³/mol. The lowest BCUT2D eigenvalue weighted by Crippen LogP contribution is -2.46. The highest BCUT2D eigenvalue weighted by Gasteiger charge is 2.25. The lowest BCUT2D eigenvalue weighted by Gasteiger charge is -2.17. The molecule has 0 saturated heterocycles. The van der Waals surface area contributed by atoms with Crippen molar-refractivity contribution in [3.63, 3.8) is 0 Å². The molecule has 0 spiro atoms. The number of carbonyl (C=O) groups is 5. The third-order valence-electron chi connectivity index (χ3n) is 2.93. The fourth-order valence-corrected chi connectivity index (χ4v) is 1.62. The molecule has 11 heteroatoms. The van der Waals surface area contributed by atoms with E-state index in [9.17, 15) is 24.0 Å². The Labute approximate surface area is 136 Å². The molecule has 0 radical (unpaired) electrons. The summed E-state index contributed by atoms with van der Waals surface area (Å²) in [6.45, 7) is 1.14. The number of aliphatic carboxylic acids is 3. The van der Waals surface area contributed by atoms with Crippen molar-refractivity contribution in [1.29, 1.82) is 0 Å². The van der Waals surface area contributed by atoms with Crippen molar-refractivity contribution in [2.24, 2.45) is 0 Å². The number of nitrogens with one attached hydrogen (secondary N) is 2. The van der Waals surface area contributed by atoms with Gasteiger partial charge in [0.15, 0.2) is 0 Å². The number of amides is 2. The Hall–Kier alpha value is -2.69. The van der Waals surface area contributed by atoms with Crippen LogP contribution >= 0.6 is 0 Å². The fourth-order valence-electron chi connectivity index (χ4n) is 1.62. The molecule has 0 aromatic rings. The summed E-state index contributed by atoms with van der Waals surface area (Å²) in [5, 5.41) is 39.5. The van der Waals surface area contributed by atoms with Gasteiger partial charge in [-0.15, -0.1) is 0 Å². The average Bonchev–Trinajstić information content (AvgIpc) is 2.46. The number of aliphatic hydroxyl groups excluding tert-OH is 1. The Morgan fingerprint density at radius 1 is 0.833 bits per heavy atom. The van der Waals surface area contributed by atoms with Crippen LogP contribution in [-0.4, -0.2) is 68.3 Å². The van der Waals surface area contributed by atoms with Crippen LogP contribution in [0.5, 0.6) is 0 Å². The fraction of sp³-hybridized carbons (Fsp3) is 0.615. The van der Waals surface area contributed by atoms with Crippen LogP contribution < -0.4 is 10.6 Å². The molecule has 0 aliphatic rings. The molecule has 0 fully saturated rings. The van der Waals surface area contributed by atoms with E-state index in [1.165, 1.54) is 0 Å². The molecule has 0 unspecified atom stereocenters. The highest BCUT2D eigenvalue weighted by atomic mass is 16.4. The molecule has 2 amide bonds. The number of carboxylic acids is 3. The second-order valence-electron chi connectivity index (χ2n) is 5.00. The van der Waals surface area contributed by atoms with Gasteiger partial charge >= 0.3 is 17.9 Å². The van der Waals surface area contributed by atoms with Crippen LogP contribution in [0, 0.1) is 0 Å². The minimum Gasteiger partial charge on any atom is -0.481 e. The summed E-state index contributed by atoms with van der Waals surface area (Å²) >= 11 is 0. The highest BCUT2D eigenvalue weighted by molar-refractivity contribution is 5.87. The topological polar surface area (TPSA) is 190 Å². The molecule has 0 saturated carbocycles. The minimum absolute atomic E-state index is 0.322. The van der Waals surface area contributed by atoms with Crippen LogP contribution in [0.2, 0.25) is 0 Å². The summed E-state index contributed by atoms with van der Waals surface area (Å²) < 4.78 is 0. The van der Waals surface area contributed by atoms with E-state index in [1.54, 1.807) is 0 Å². The first-order valence-corrected chi connectivity index (χ1v) is 6.99. The zero-order valence-corrected chi connectivity index (χ0v) is 12.9. The Kier molecular flexibility index (Phi) is 9.02. The number of rotatable bonds is 11. The summed E-state index contributed by atoms with van der Waals surface area (Å²) in [7, 11) is 0. The maximum Gasteiger partial charge on any atom is 0.326 e. The SMILES string of the molecule is C[C@H](O)C(=O)N[C@@H](CCC(=O)N[C@@H](CCC(=O)O)C(=O)O)C(=O)O. The lowest BCUT2D eigenvalue weighted by atomic mass is 10.1. The predicted octanol–water partition coefficient (Wildman–Crippen LogP) is -1.85. The van der Waals surface area contributed by atoms with Gasteiger partial charge in [-0.05, 0) is 19.8 Å². The molecule has 6 N–H and O–H groups in total. The number of hydrogen-bond donors (Lipinski definition) is 6. The van der Waals surface area contributed by atoms with Crippen LogP contribution in [0.25, 0.3) is 0 Å². The minimum atomic E-state index is -1.43. The van der Waals surface area contributed by atoms with Crippen LogP contribution in [-0.2, 0) is 24.0 Å². The molecule has 0 aromatic heterocycles. The summed E-state index contributed by atoms with van der Waals surface area (Å²) in [6, 6.07) is -2.84. The van der Waals surface area contributed by atoms with Crippen LogP contribution in [0.15, 0.2) is 0 Å². The Balaban J connectivity index is 4.55. The van der Waals surface area contributed by atoms with Gasteiger partial charge in [0.05, 0.1) is 0 Å². The van der Waals surface area contributed by atoms with Crippen LogP contribution in [0.3, 0.4) is 0 Å². The molecule has 11 nitrogen and oxygen atoms in total. The Morgan fingerprint density at radius 2 is 1.29 bits per heavy atom. The quantitative estimate of drug-likeness (QED) is 0.249. The average molecular weight is 348 g/mol. The summed E-state index contributed by atoms with van der Waals surface area (Å²) in [4.78, 5) is 55.3. The number of hydrogen-bond acceptors (Lipinski definition) is 6. The first-order chi connectivity index (χ1) is 11.0. The smallest absolute Gasteiger partial charge is 0.326 e. The molecule has 0 aromatic carbocycles. The van der Waals surface area contributed by atoms with E-state index in [1.807, 2.05) is 5.32 Å². The first-order valence-electron chi connectivity index (χ1n) is 6.99. The molecule has 0 aliphatic heterocycles. The second-order valence-corrected chi connectivity index (χ2v) is 5.00. The van der Waals surface area contributed by atoms with Gasteiger partial charge in [-0.25, -0.2) is 9.59 Å². The van der Waals surface area contributed by atoms with Crippen molar-refractivity contribution in [2.75, 3.05) is 0 Å². The Morgan fingerprint density at radius 3 is 1.71 bits per heavy atom. The van der Waals surface area contributed by atoms with Crippen molar-refractivity contribution in [3.05, 3.63) is 0 Å². The Bertz CT molecular complexity index is 504. The van der Waals surface area contributed by atoms with Gasteiger partial charge in [-0.1, -0.05) is 0 Å². The van der Waals surface area contributed by atoms with E-state index >= 15 is 0 Å². The maximum atomic E-state index is 11.7. The van der Waals surface area contributed by atoms with Crippen molar-refractivity contribution < 1.29 is 44.4 Å². The van der Waals surface area contributed by atoms with Crippen molar-refractivity contribution in [3.8, 4) is 0 Å². The number of carbonyl (C=O) groups excluding carboxylic acids is 2. The molecule has 24 heavy (non-hydrogen) atoms. The number of carboxylic acid groups (broad SMARTS) is 3. The normalized spacial score (nSPS) is 14.1. The lowest BCUT2D eigenvalue weighted by molar-refractivity contribution is -0.144. The van der Waals surface area contributed by atoms with Crippen molar-refractivity contribution in [2.45, 2.75) is 50.8 Å². The third kappa shape index (κ3) is 8.68. The monoisotopic (exact) mass is 348 g/mol. The zero-order valence-electron chi connectivity index (χ0n) is 12.9. The van der Waals surface area contributed by atoms with E-state index in [0.29, 0.717) is 0 Å². The van der Waals surface area contributed by atoms with Gasteiger partial charge in [-0.3, -0.25) is 14.4 Å². The van der Waals surface area contributed by atoms with Gasteiger partial charge in [0.2, 0.25) is 11.8 Å². The van der Waals surface area contributed by atoms with E-state index < -0.39 is 60.8 Å². The zero-order chi connectivity index (χ0) is 18.9. The van der Waals surface area contributed by atoms with Gasteiger partial charge in [0.1, 0.15) is 18.2 Å². The van der Waals surface area contributed by atoms with Gasteiger partial charge in [-0.2, -0.15) is 0 Å². The number of aliphatic hydroxyl groups is 1. The molecule has 0 bridgehead atoms. The van der Waals surface area contributed by atoms with Gasteiger partial charge in [0.25, 0.3) is 0 Å². The standard InChI is InChI=1S/C13H20N2O9/c1-6(16)11(20)15-8(13(23)24)2-4-9(17)14-7(12(21)22)3-5-10(18)19/h6-8,16H,2-5H2,1H3,(H,14,17)(H,15,20)(H,18,19)(H,21,22)(H,23,24)/t6-,7-,8-/m0/s1. The molecular formula is C13H20N2O9. The molecule has 0 rings (SSSR count). The molecular weight excluding hydrogens is 328 g/mol. The van der Waals surface area contributed by atoms with E-state index in [-0.39, 0.29) is 12.8 Å². The van der Waals surface area contributed by atoms with Crippen LogP contribution in [0.1, 0.15) is 32.6 Å². The third-order valence-corrected chi connectivity index (χ3v) is 2.93. The van der Waals surface area contributed by atoms with E-state index in [4.69, 9.17) is 20.4 Å².